The molecule has 3 amide bonds. The zero-order valence-corrected chi connectivity index (χ0v) is 17.2. The number of anilines is 1. The van der Waals surface area contributed by atoms with Crippen molar-refractivity contribution >= 4 is 51.9 Å². The van der Waals surface area contributed by atoms with E-state index >= 15 is 0 Å². The van der Waals surface area contributed by atoms with Gasteiger partial charge in [-0.05, 0) is 73.7 Å². The van der Waals surface area contributed by atoms with Gasteiger partial charge in [-0.1, -0.05) is 17.7 Å². The summed E-state index contributed by atoms with van der Waals surface area (Å²) in [6.07, 6.45) is 1.72. The topological polar surface area (TPSA) is 66.5 Å². The van der Waals surface area contributed by atoms with Gasteiger partial charge in [0.25, 0.3) is 11.1 Å². The lowest BCUT2D eigenvalue weighted by Crippen LogP contribution is -2.36. The van der Waals surface area contributed by atoms with Crippen LogP contribution in [0.2, 0.25) is 0 Å². The second kappa shape index (κ2) is 7.70. The summed E-state index contributed by atoms with van der Waals surface area (Å²) in [7, 11) is 0. The van der Waals surface area contributed by atoms with Crippen LogP contribution in [-0.4, -0.2) is 28.5 Å². The van der Waals surface area contributed by atoms with Gasteiger partial charge in [0.2, 0.25) is 5.91 Å². The number of carbonyl (C=O) groups is 3. The van der Waals surface area contributed by atoms with E-state index in [1.54, 1.807) is 6.08 Å². The van der Waals surface area contributed by atoms with Crippen molar-refractivity contribution in [3.63, 3.8) is 0 Å². The molecule has 1 aliphatic heterocycles. The normalized spacial score (nSPS) is 15.7. The Kier molecular flexibility index (Phi) is 5.53. The lowest BCUT2D eigenvalue weighted by molar-refractivity contribution is -0.127. The van der Waals surface area contributed by atoms with E-state index in [0.29, 0.717) is 4.91 Å². The van der Waals surface area contributed by atoms with Gasteiger partial charge in [-0.3, -0.25) is 19.3 Å². The molecule has 1 aromatic carbocycles. The first kappa shape index (κ1) is 19.4. The van der Waals surface area contributed by atoms with Crippen LogP contribution in [0.15, 0.2) is 28.5 Å². The fraction of sp³-hybridized carbons (Fsp3) is 0.250. The zero-order valence-electron chi connectivity index (χ0n) is 15.6. The van der Waals surface area contributed by atoms with E-state index < -0.39 is 11.1 Å². The minimum absolute atomic E-state index is 0.293. The molecular formula is C20H20N2O3S2. The molecule has 27 heavy (non-hydrogen) atoms. The van der Waals surface area contributed by atoms with Gasteiger partial charge in [-0.2, -0.15) is 0 Å². The molecule has 5 nitrogen and oxygen atoms in total. The third kappa shape index (κ3) is 4.14. The summed E-state index contributed by atoms with van der Waals surface area (Å²) < 4.78 is 0. The highest BCUT2D eigenvalue weighted by Crippen LogP contribution is 2.33. The minimum Gasteiger partial charge on any atom is -0.324 e. The van der Waals surface area contributed by atoms with Crippen molar-refractivity contribution in [3.05, 3.63) is 55.6 Å². The molecule has 7 heteroatoms. The van der Waals surface area contributed by atoms with Crippen molar-refractivity contribution in [1.82, 2.24) is 4.90 Å². The predicted octanol–water partition coefficient (Wildman–Crippen LogP) is 4.66. The number of nitrogens with zero attached hydrogens (tertiary/aromatic N) is 1. The van der Waals surface area contributed by atoms with E-state index in [2.05, 4.69) is 5.32 Å². The van der Waals surface area contributed by atoms with Crippen LogP contribution in [0.4, 0.5) is 10.5 Å². The number of rotatable bonds is 4. The maximum absolute atomic E-state index is 12.6. The molecule has 0 aliphatic carbocycles. The van der Waals surface area contributed by atoms with Gasteiger partial charge < -0.3 is 5.32 Å². The van der Waals surface area contributed by atoms with Crippen LogP contribution in [0, 0.1) is 27.7 Å². The first-order valence-electron chi connectivity index (χ1n) is 8.43. The van der Waals surface area contributed by atoms with Crippen LogP contribution in [0.25, 0.3) is 6.08 Å². The second-order valence-electron chi connectivity index (χ2n) is 6.56. The van der Waals surface area contributed by atoms with E-state index in [-0.39, 0.29) is 12.5 Å². The number of hydrogen-bond donors (Lipinski definition) is 1. The average Bonchev–Trinajstić information content (AvgIpc) is 3.09. The van der Waals surface area contributed by atoms with Crippen molar-refractivity contribution in [2.75, 3.05) is 11.9 Å². The maximum Gasteiger partial charge on any atom is 0.294 e. The van der Waals surface area contributed by atoms with E-state index in [1.807, 2.05) is 51.3 Å². The Labute approximate surface area is 166 Å². The van der Waals surface area contributed by atoms with Crippen molar-refractivity contribution in [1.29, 1.82) is 0 Å². The van der Waals surface area contributed by atoms with Crippen molar-refractivity contribution in [3.8, 4) is 0 Å². The number of benzene rings is 1. The molecule has 0 radical (unpaired) electrons. The molecule has 140 valence electrons. The minimum atomic E-state index is -0.426. The van der Waals surface area contributed by atoms with Gasteiger partial charge in [0.1, 0.15) is 6.54 Å². The Bertz CT molecular complexity index is 952. The molecule has 1 aromatic heterocycles. The second-order valence-corrected chi connectivity index (χ2v) is 8.50. The molecule has 3 rings (SSSR count). The standard InChI is InChI=1S/C20H20N2O3S2/c1-11-7-13(3)18(14(4)8-11)21-17(23)10-22-19(24)16(27-20(22)25)9-15-12(2)5-6-26-15/h5-9H,10H2,1-4H3,(H,21,23)/b16-9+. The molecule has 0 atom stereocenters. The van der Waals surface area contributed by atoms with Gasteiger partial charge in [0.05, 0.1) is 4.91 Å². The van der Waals surface area contributed by atoms with Crippen LogP contribution in [0.5, 0.6) is 0 Å². The number of aryl methyl sites for hydroxylation is 4. The summed E-state index contributed by atoms with van der Waals surface area (Å²) in [5, 5.41) is 4.34. The van der Waals surface area contributed by atoms with Crippen molar-refractivity contribution < 1.29 is 14.4 Å². The molecule has 0 unspecified atom stereocenters. The number of thioether (sulfide) groups is 1. The summed E-state index contributed by atoms with van der Waals surface area (Å²) in [5.41, 5.74) is 4.78. The summed E-state index contributed by atoms with van der Waals surface area (Å²) >= 11 is 2.38. The van der Waals surface area contributed by atoms with Crippen molar-refractivity contribution in [2.45, 2.75) is 27.7 Å². The molecule has 2 heterocycles. The predicted molar refractivity (Wildman–Crippen MR) is 111 cm³/mol. The Morgan fingerprint density at radius 3 is 2.37 bits per heavy atom. The lowest BCUT2D eigenvalue weighted by atomic mass is 10.1. The van der Waals surface area contributed by atoms with E-state index in [4.69, 9.17) is 0 Å². The highest BCUT2D eigenvalue weighted by molar-refractivity contribution is 8.18. The largest absolute Gasteiger partial charge is 0.324 e. The molecule has 0 spiro atoms. The van der Waals surface area contributed by atoms with E-state index in [0.717, 1.165) is 49.5 Å². The van der Waals surface area contributed by atoms with Gasteiger partial charge in [-0.15, -0.1) is 11.3 Å². The number of amides is 3. The first-order valence-corrected chi connectivity index (χ1v) is 10.1. The summed E-state index contributed by atoms with van der Waals surface area (Å²) in [6, 6.07) is 5.92. The van der Waals surface area contributed by atoms with Gasteiger partial charge >= 0.3 is 0 Å². The molecule has 1 saturated heterocycles. The smallest absolute Gasteiger partial charge is 0.294 e. The van der Waals surface area contributed by atoms with Crippen LogP contribution >= 0.6 is 23.1 Å². The fourth-order valence-corrected chi connectivity index (χ4v) is 4.74. The molecule has 1 fully saturated rings. The number of hydrogen-bond acceptors (Lipinski definition) is 5. The number of imide groups is 1. The number of nitrogens with one attached hydrogen (secondary N) is 1. The van der Waals surface area contributed by atoms with E-state index in [9.17, 15) is 14.4 Å². The molecule has 0 saturated carbocycles. The molecule has 1 N–H and O–H groups in total. The Morgan fingerprint density at radius 2 is 1.78 bits per heavy atom. The molecular weight excluding hydrogens is 380 g/mol. The monoisotopic (exact) mass is 400 g/mol. The highest BCUT2D eigenvalue weighted by atomic mass is 32.2. The van der Waals surface area contributed by atoms with E-state index in [1.165, 1.54) is 11.3 Å². The fourth-order valence-electron chi connectivity index (χ4n) is 2.99. The maximum atomic E-state index is 12.6. The van der Waals surface area contributed by atoms with Gasteiger partial charge in [-0.25, -0.2) is 0 Å². The first-order chi connectivity index (χ1) is 12.8. The highest BCUT2D eigenvalue weighted by Gasteiger charge is 2.36. The van der Waals surface area contributed by atoms with Crippen LogP contribution in [0.1, 0.15) is 27.1 Å². The lowest BCUT2D eigenvalue weighted by Gasteiger charge is -2.15. The SMILES string of the molecule is Cc1cc(C)c(NC(=O)CN2C(=O)S/C(=C/c3sccc3C)C2=O)c(C)c1. The number of thiophene rings is 1. The van der Waals surface area contributed by atoms with Crippen LogP contribution in [0.3, 0.4) is 0 Å². The third-order valence-corrected chi connectivity index (χ3v) is 6.15. The average molecular weight is 401 g/mol. The molecule has 0 bridgehead atoms. The third-order valence-electron chi connectivity index (χ3n) is 4.28. The summed E-state index contributed by atoms with van der Waals surface area (Å²) in [4.78, 5) is 39.5. The van der Waals surface area contributed by atoms with Crippen molar-refractivity contribution in [2.24, 2.45) is 0 Å². The molecule has 2 aromatic rings. The quantitative estimate of drug-likeness (QED) is 0.758. The van der Waals surface area contributed by atoms with Crippen LogP contribution < -0.4 is 5.32 Å². The summed E-state index contributed by atoms with van der Waals surface area (Å²) in [5.74, 6) is -0.814. The summed E-state index contributed by atoms with van der Waals surface area (Å²) in [6.45, 7) is 7.49. The number of carbonyl (C=O) groups excluding carboxylic acids is 3. The Balaban J connectivity index is 1.73. The van der Waals surface area contributed by atoms with Gasteiger partial charge in [0.15, 0.2) is 0 Å². The van der Waals surface area contributed by atoms with Crippen LogP contribution in [-0.2, 0) is 9.59 Å². The molecule has 1 aliphatic rings. The van der Waals surface area contributed by atoms with Gasteiger partial charge in [0, 0.05) is 10.6 Å². The Morgan fingerprint density at radius 1 is 1.11 bits per heavy atom. The zero-order chi connectivity index (χ0) is 19.7. The Hall–Kier alpha value is -2.38.